The van der Waals surface area contributed by atoms with E-state index in [0.29, 0.717) is 12.0 Å². The predicted molar refractivity (Wildman–Crippen MR) is 108 cm³/mol. The van der Waals surface area contributed by atoms with Gasteiger partial charge in [0.15, 0.2) is 0 Å². The maximum atomic E-state index is 5.34. The van der Waals surface area contributed by atoms with Crippen LogP contribution in [0.25, 0.3) is 10.2 Å². The second-order valence-electron chi connectivity index (χ2n) is 8.17. The molecule has 138 valence electrons. The minimum Gasteiger partial charge on any atom is -0.378 e. The van der Waals surface area contributed by atoms with Gasteiger partial charge in [0, 0.05) is 18.2 Å². The number of nitrogens with zero attached hydrogens (tertiary/aromatic N) is 3. The Bertz CT molecular complexity index is 818. The van der Waals surface area contributed by atoms with E-state index in [-0.39, 0.29) is 0 Å². The van der Waals surface area contributed by atoms with Gasteiger partial charge in [-0.05, 0) is 62.4 Å². The van der Waals surface area contributed by atoms with Crippen LogP contribution >= 0.6 is 11.3 Å². The maximum absolute atomic E-state index is 5.34. The number of ether oxygens (including phenoxy) is 1. The molecule has 3 aliphatic heterocycles. The Balaban J connectivity index is 1.32. The van der Waals surface area contributed by atoms with Crippen molar-refractivity contribution in [2.45, 2.75) is 44.6 Å². The topological polar surface area (TPSA) is 37.7 Å². The minimum atomic E-state index is 0.626. The molecule has 4 nitrogen and oxygen atoms in total. The number of thiazole rings is 1. The van der Waals surface area contributed by atoms with Crippen LogP contribution in [0.1, 0.15) is 49.1 Å². The maximum Gasteiger partial charge on any atom is 0.0970 e. The largest absolute Gasteiger partial charge is 0.378 e. The van der Waals surface area contributed by atoms with E-state index in [2.05, 4.69) is 30.0 Å². The Morgan fingerprint density at radius 2 is 2.00 bits per heavy atom. The number of aliphatic imine (C=N–C) groups is 1. The standard InChI is InChI=1S/C21H27N3OS/c1-14-2-4-18(22-11-14)16-3-5-20-19(10-16)23-21(26-20)15-6-8-24(9-7-15)17-12-25-13-17/h3,5,10,14-15,17H,2,4,6-9,11-13H2,1H3. The van der Waals surface area contributed by atoms with Crippen LogP contribution in [0.2, 0.25) is 0 Å². The van der Waals surface area contributed by atoms with E-state index in [0.717, 1.165) is 32.1 Å². The molecule has 0 spiro atoms. The molecule has 0 radical (unpaired) electrons. The van der Waals surface area contributed by atoms with E-state index in [4.69, 9.17) is 14.7 Å². The first-order chi connectivity index (χ1) is 12.8. The van der Waals surface area contributed by atoms with Crippen molar-refractivity contribution >= 4 is 27.3 Å². The van der Waals surface area contributed by atoms with E-state index < -0.39 is 0 Å². The van der Waals surface area contributed by atoms with Crippen LogP contribution in [0.4, 0.5) is 0 Å². The molecule has 1 atom stereocenters. The minimum absolute atomic E-state index is 0.626. The zero-order valence-corrected chi connectivity index (χ0v) is 16.3. The van der Waals surface area contributed by atoms with Crippen molar-refractivity contribution in [2.75, 3.05) is 32.8 Å². The number of piperidine rings is 1. The lowest BCUT2D eigenvalue weighted by Gasteiger charge is -2.41. The molecule has 1 aromatic carbocycles. The van der Waals surface area contributed by atoms with E-state index in [1.54, 1.807) is 0 Å². The third-order valence-corrected chi connectivity index (χ3v) is 7.42. The number of rotatable bonds is 3. The van der Waals surface area contributed by atoms with Crippen LogP contribution in [0.15, 0.2) is 23.2 Å². The third-order valence-electron chi connectivity index (χ3n) is 6.22. The van der Waals surface area contributed by atoms with E-state index in [9.17, 15) is 0 Å². The highest BCUT2D eigenvalue weighted by Gasteiger charge is 2.31. The predicted octanol–water partition coefficient (Wildman–Crippen LogP) is 4.09. The van der Waals surface area contributed by atoms with Crippen LogP contribution in [0.5, 0.6) is 0 Å². The Morgan fingerprint density at radius 3 is 2.69 bits per heavy atom. The van der Waals surface area contributed by atoms with Gasteiger partial charge in [0.05, 0.1) is 34.5 Å². The van der Waals surface area contributed by atoms with Crippen molar-refractivity contribution in [3.8, 4) is 0 Å². The second-order valence-corrected chi connectivity index (χ2v) is 9.23. The molecule has 2 saturated heterocycles. The lowest BCUT2D eigenvalue weighted by Crippen LogP contribution is -2.51. The molecule has 2 aromatic rings. The molecule has 4 heterocycles. The second kappa shape index (κ2) is 7.02. The molecule has 0 saturated carbocycles. The SMILES string of the molecule is CC1CCC(c2ccc3sc(C4CCN(C5COC5)CC4)nc3c2)=NC1. The monoisotopic (exact) mass is 369 g/mol. The molecular formula is C21H27N3OS. The molecule has 5 rings (SSSR count). The number of hydrogen-bond acceptors (Lipinski definition) is 5. The number of aromatic nitrogens is 1. The van der Waals surface area contributed by atoms with Crippen molar-refractivity contribution in [3.05, 3.63) is 28.8 Å². The fraction of sp³-hybridized carbons (Fsp3) is 0.619. The summed E-state index contributed by atoms with van der Waals surface area (Å²) in [6.07, 6.45) is 4.82. The first kappa shape index (κ1) is 16.8. The lowest BCUT2D eigenvalue weighted by atomic mass is 9.95. The summed E-state index contributed by atoms with van der Waals surface area (Å²) in [5.74, 6) is 1.35. The molecular weight excluding hydrogens is 342 g/mol. The Labute approximate surface area is 159 Å². The summed E-state index contributed by atoms with van der Waals surface area (Å²) < 4.78 is 6.67. The van der Waals surface area contributed by atoms with Crippen molar-refractivity contribution in [1.29, 1.82) is 0 Å². The fourth-order valence-corrected chi connectivity index (χ4v) is 5.42. The van der Waals surface area contributed by atoms with Gasteiger partial charge in [0.2, 0.25) is 0 Å². The highest BCUT2D eigenvalue weighted by atomic mass is 32.1. The first-order valence-corrected chi connectivity index (χ1v) is 10.8. The summed E-state index contributed by atoms with van der Waals surface area (Å²) in [5.41, 5.74) is 3.72. The molecule has 2 fully saturated rings. The number of fused-ring (bicyclic) bond motifs is 1. The van der Waals surface area contributed by atoms with Gasteiger partial charge >= 0.3 is 0 Å². The van der Waals surface area contributed by atoms with Gasteiger partial charge < -0.3 is 4.74 Å². The molecule has 1 aromatic heterocycles. The molecule has 0 aliphatic carbocycles. The molecule has 26 heavy (non-hydrogen) atoms. The first-order valence-electron chi connectivity index (χ1n) is 10.0. The van der Waals surface area contributed by atoms with E-state index in [1.807, 2.05) is 11.3 Å². The van der Waals surface area contributed by atoms with Gasteiger partial charge in [-0.3, -0.25) is 9.89 Å². The molecule has 0 bridgehead atoms. The molecule has 1 unspecified atom stereocenters. The smallest absolute Gasteiger partial charge is 0.0970 e. The summed E-state index contributed by atoms with van der Waals surface area (Å²) in [7, 11) is 0. The molecule has 0 amide bonds. The van der Waals surface area contributed by atoms with Crippen molar-refractivity contribution in [3.63, 3.8) is 0 Å². The summed E-state index contributed by atoms with van der Waals surface area (Å²) in [4.78, 5) is 12.4. The third kappa shape index (κ3) is 3.21. The average molecular weight is 370 g/mol. The van der Waals surface area contributed by atoms with Crippen LogP contribution in [-0.4, -0.2) is 54.5 Å². The average Bonchev–Trinajstić information content (AvgIpc) is 3.05. The van der Waals surface area contributed by atoms with Crippen molar-refractivity contribution < 1.29 is 4.74 Å². The number of benzene rings is 1. The molecule has 5 heteroatoms. The Kier molecular flexibility index (Phi) is 4.55. The van der Waals surface area contributed by atoms with Gasteiger partial charge in [0.25, 0.3) is 0 Å². The van der Waals surface area contributed by atoms with Gasteiger partial charge in [-0.15, -0.1) is 11.3 Å². The number of likely N-dealkylation sites (tertiary alicyclic amines) is 1. The Hall–Kier alpha value is -1.30. The van der Waals surface area contributed by atoms with Crippen molar-refractivity contribution in [2.24, 2.45) is 10.9 Å². The molecule has 0 N–H and O–H groups in total. The summed E-state index contributed by atoms with van der Waals surface area (Å²) in [6.45, 7) is 7.50. The van der Waals surface area contributed by atoms with Gasteiger partial charge in [-0.1, -0.05) is 13.0 Å². The van der Waals surface area contributed by atoms with Gasteiger partial charge in [-0.2, -0.15) is 0 Å². The van der Waals surface area contributed by atoms with Crippen LogP contribution in [0.3, 0.4) is 0 Å². The quantitative estimate of drug-likeness (QED) is 0.818. The van der Waals surface area contributed by atoms with Gasteiger partial charge in [-0.25, -0.2) is 4.98 Å². The highest BCUT2D eigenvalue weighted by molar-refractivity contribution is 7.18. The van der Waals surface area contributed by atoms with E-state index in [1.165, 1.54) is 58.9 Å². The summed E-state index contributed by atoms with van der Waals surface area (Å²) in [6, 6.07) is 7.45. The fourth-order valence-electron chi connectivity index (χ4n) is 4.30. The lowest BCUT2D eigenvalue weighted by molar-refractivity contribution is -0.0712. The zero-order valence-electron chi connectivity index (χ0n) is 15.5. The zero-order chi connectivity index (χ0) is 17.5. The highest BCUT2D eigenvalue weighted by Crippen LogP contribution is 2.35. The normalized spacial score (nSPS) is 26.0. The van der Waals surface area contributed by atoms with Crippen LogP contribution in [-0.2, 0) is 4.74 Å². The van der Waals surface area contributed by atoms with Crippen LogP contribution < -0.4 is 0 Å². The summed E-state index contributed by atoms with van der Waals surface area (Å²) in [5, 5.41) is 1.33. The van der Waals surface area contributed by atoms with Crippen LogP contribution in [0, 0.1) is 5.92 Å². The van der Waals surface area contributed by atoms with Crippen molar-refractivity contribution in [1.82, 2.24) is 9.88 Å². The van der Waals surface area contributed by atoms with Gasteiger partial charge in [0.1, 0.15) is 0 Å². The number of hydrogen-bond donors (Lipinski definition) is 0. The summed E-state index contributed by atoms with van der Waals surface area (Å²) >= 11 is 1.89. The molecule has 3 aliphatic rings. The Morgan fingerprint density at radius 1 is 1.15 bits per heavy atom. The van der Waals surface area contributed by atoms with E-state index >= 15 is 0 Å².